The highest BCUT2D eigenvalue weighted by Crippen LogP contribution is 2.21. The zero-order chi connectivity index (χ0) is 13.8. The third-order valence-electron chi connectivity index (χ3n) is 3.35. The number of carboxylic acids is 1. The molecule has 2 rings (SSSR count). The van der Waals surface area contributed by atoms with E-state index in [2.05, 4.69) is 6.92 Å². The quantitative estimate of drug-likeness (QED) is 0.844. The number of hydrogen-bond donors (Lipinski definition) is 1. The predicted molar refractivity (Wildman–Crippen MR) is 72.4 cm³/mol. The van der Waals surface area contributed by atoms with Crippen LogP contribution >= 0.6 is 0 Å². The van der Waals surface area contributed by atoms with E-state index in [1.807, 2.05) is 29.2 Å². The maximum absolute atomic E-state index is 11.7. The van der Waals surface area contributed by atoms with E-state index < -0.39 is 5.97 Å². The molecule has 0 saturated carbocycles. The van der Waals surface area contributed by atoms with E-state index in [1.54, 1.807) is 6.08 Å². The van der Waals surface area contributed by atoms with Gasteiger partial charge in [0.2, 0.25) is 5.91 Å². The highest BCUT2D eigenvalue weighted by atomic mass is 16.4. The third-order valence-corrected chi connectivity index (χ3v) is 3.35. The summed E-state index contributed by atoms with van der Waals surface area (Å²) < 4.78 is 0. The number of rotatable bonds is 4. The summed E-state index contributed by atoms with van der Waals surface area (Å²) >= 11 is 0. The molecule has 1 aromatic carbocycles. The van der Waals surface area contributed by atoms with Gasteiger partial charge in [-0.25, -0.2) is 4.79 Å². The molecule has 1 aliphatic rings. The van der Waals surface area contributed by atoms with Gasteiger partial charge in [0.15, 0.2) is 0 Å². The van der Waals surface area contributed by atoms with Crippen LogP contribution in [0.5, 0.6) is 0 Å². The van der Waals surface area contributed by atoms with E-state index in [9.17, 15) is 9.59 Å². The van der Waals surface area contributed by atoms with E-state index in [0.717, 1.165) is 23.6 Å². The van der Waals surface area contributed by atoms with Crippen molar-refractivity contribution in [1.29, 1.82) is 0 Å². The largest absolute Gasteiger partial charge is 0.478 e. The molecule has 1 heterocycles. The number of carbonyl (C=O) groups excluding carboxylic acids is 1. The molecule has 4 nitrogen and oxygen atoms in total. The molecule has 19 heavy (non-hydrogen) atoms. The average Bonchev–Trinajstić information content (AvgIpc) is 2.69. The first kappa shape index (κ1) is 13.3. The summed E-state index contributed by atoms with van der Waals surface area (Å²) in [5, 5.41) is 8.60. The molecule has 1 N–H and O–H groups in total. The lowest BCUT2D eigenvalue weighted by molar-refractivity contribution is -0.131. The highest BCUT2D eigenvalue weighted by molar-refractivity contribution is 5.85. The second-order valence-corrected chi connectivity index (χ2v) is 4.83. The van der Waals surface area contributed by atoms with Crippen molar-refractivity contribution < 1.29 is 14.7 Å². The van der Waals surface area contributed by atoms with Crippen LogP contribution in [0, 0.1) is 0 Å². The van der Waals surface area contributed by atoms with Crippen LogP contribution in [-0.2, 0) is 16.1 Å². The van der Waals surface area contributed by atoms with Gasteiger partial charge in [-0.1, -0.05) is 18.2 Å². The first-order chi connectivity index (χ1) is 9.06. The maximum Gasteiger partial charge on any atom is 0.328 e. The van der Waals surface area contributed by atoms with E-state index in [1.165, 1.54) is 0 Å². The number of carbonyl (C=O) groups is 2. The van der Waals surface area contributed by atoms with Gasteiger partial charge in [0.1, 0.15) is 0 Å². The molecular formula is C15H17NO3. The van der Waals surface area contributed by atoms with Crippen molar-refractivity contribution in [2.24, 2.45) is 0 Å². The Morgan fingerprint density at radius 2 is 2.32 bits per heavy atom. The second-order valence-electron chi connectivity index (χ2n) is 4.83. The van der Waals surface area contributed by atoms with Gasteiger partial charge < -0.3 is 10.0 Å². The molecule has 0 bridgehead atoms. The average molecular weight is 259 g/mol. The molecule has 1 atom stereocenters. The Kier molecular flexibility index (Phi) is 4.00. The number of aliphatic carboxylic acids is 1. The van der Waals surface area contributed by atoms with Crippen LogP contribution in [0.25, 0.3) is 6.08 Å². The summed E-state index contributed by atoms with van der Waals surface area (Å²) in [5.41, 5.74) is 1.86. The summed E-state index contributed by atoms with van der Waals surface area (Å²) in [6.07, 6.45) is 4.21. The Morgan fingerprint density at radius 3 is 2.95 bits per heavy atom. The monoisotopic (exact) mass is 259 g/mol. The minimum atomic E-state index is -0.964. The summed E-state index contributed by atoms with van der Waals surface area (Å²) in [5.74, 6) is -0.771. The third kappa shape index (κ3) is 3.44. The molecule has 0 spiro atoms. The van der Waals surface area contributed by atoms with Gasteiger partial charge in [-0.15, -0.1) is 0 Å². The molecule has 1 aliphatic heterocycles. The first-order valence-corrected chi connectivity index (χ1v) is 6.35. The predicted octanol–water partition coefficient (Wildman–Crippen LogP) is 2.30. The SMILES string of the molecule is CC1CCC(=O)N1Cc1cccc(/C=C/C(=O)O)c1. The number of likely N-dealkylation sites (tertiary alicyclic amines) is 1. The van der Waals surface area contributed by atoms with Gasteiger partial charge in [-0.2, -0.15) is 0 Å². The Bertz CT molecular complexity index is 522. The zero-order valence-electron chi connectivity index (χ0n) is 10.9. The number of benzene rings is 1. The molecule has 0 aromatic heterocycles. The van der Waals surface area contributed by atoms with Gasteiger partial charge in [-0.3, -0.25) is 4.79 Å². The molecule has 4 heteroatoms. The lowest BCUT2D eigenvalue weighted by Crippen LogP contribution is -2.30. The first-order valence-electron chi connectivity index (χ1n) is 6.35. The number of carboxylic acid groups (broad SMARTS) is 1. The molecular weight excluding hydrogens is 242 g/mol. The van der Waals surface area contributed by atoms with Crippen LogP contribution in [0.1, 0.15) is 30.9 Å². The molecule has 0 aliphatic carbocycles. The smallest absolute Gasteiger partial charge is 0.328 e. The lowest BCUT2D eigenvalue weighted by atomic mass is 10.1. The minimum absolute atomic E-state index is 0.194. The summed E-state index contributed by atoms with van der Waals surface area (Å²) in [6.45, 7) is 2.65. The van der Waals surface area contributed by atoms with E-state index in [-0.39, 0.29) is 11.9 Å². The summed E-state index contributed by atoms with van der Waals surface area (Å²) in [6, 6.07) is 7.87. The lowest BCUT2D eigenvalue weighted by Gasteiger charge is -2.21. The molecule has 1 unspecified atom stereocenters. The van der Waals surface area contributed by atoms with Crippen molar-refractivity contribution in [2.75, 3.05) is 0 Å². The van der Waals surface area contributed by atoms with Crippen LogP contribution in [0.3, 0.4) is 0 Å². The number of hydrogen-bond acceptors (Lipinski definition) is 2. The van der Waals surface area contributed by atoms with Gasteiger partial charge in [-0.05, 0) is 36.6 Å². The molecule has 0 radical (unpaired) electrons. The fraction of sp³-hybridized carbons (Fsp3) is 0.333. The van der Waals surface area contributed by atoms with Crippen LogP contribution in [0.2, 0.25) is 0 Å². The van der Waals surface area contributed by atoms with Crippen molar-refractivity contribution in [3.05, 3.63) is 41.5 Å². The van der Waals surface area contributed by atoms with Crippen LogP contribution in [0.15, 0.2) is 30.3 Å². The Morgan fingerprint density at radius 1 is 1.53 bits per heavy atom. The van der Waals surface area contributed by atoms with Crippen molar-refractivity contribution >= 4 is 18.0 Å². The maximum atomic E-state index is 11.7. The molecule has 1 amide bonds. The fourth-order valence-electron chi connectivity index (χ4n) is 2.28. The molecule has 1 fully saturated rings. The second kappa shape index (κ2) is 5.69. The van der Waals surface area contributed by atoms with Gasteiger partial charge in [0.25, 0.3) is 0 Å². The van der Waals surface area contributed by atoms with Crippen molar-refractivity contribution in [3.8, 4) is 0 Å². The Hall–Kier alpha value is -2.10. The van der Waals surface area contributed by atoms with Crippen molar-refractivity contribution in [1.82, 2.24) is 4.90 Å². The Labute approximate surface area is 112 Å². The van der Waals surface area contributed by atoms with Gasteiger partial charge >= 0.3 is 5.97 Å². The van der Waals surface area contributed by atoms with Crippen LogP contribution < -0.4 is 0 Å². The van der Waals surface area contributed by atoms with Crippen molar-refractivity contribution in [3.63, 3.8) is 0 Å². The van der Waals surface area contributed by atoms with E-state index in [0.29, 0.717) is 13.0 Å². The minimum Gasteiger partial charge on any atom is -0.478 e. The topological polar surface area (TPSA) is 57.6 Å². The van der Waals surface area contributed by atoms with Crippen molar-refractivity contribution in [2.45, 2.75) is 32.4 Å². The molecule has 100 valence electrons. The summed E-state index contributed by atoms with van der Waals surface area (Å²) in [7, 11) is 0. The standard InChI is InChI=1S/C15H17NO3/c1-11-5-7-14(17)16(11)10-13-4-2-3-12(9-13)6-8-15(18)19/h2-4,6,8-9,11H,5,7,10H2,1H3,(H,18,19)/b8-6+. The number of nitrogens with zero attached hydrogens (tertiary/aromatic N) is 1. The molecule has 1 saturated heterocycles. The van der Waals surface area contributed by atoms with Gasteiger partial charge in [0.05, 0.1) is 0 Å². The fourth-order valence-corrected chi connectivity index (χ4v) is 2.28. The Balaban J connectivity index is 2.11. The van der Waals surface area contributed by atoms with E-state index in [4.69, 9.17) is 5.11 Å². The zero-order valence-corrected chi connectivity index (χ0v) is 10.9. The van der Waals surface area contributed by atoms with Crippen LogP contribution in [-0.4, -0.2) is 27.9 Å². The summed E-state index contributed by atoms with van der Waals surface area (Å²) in [4.78, 5) is 24.1. The van der Waals surface area contributed by atoms with E-state index >= 15 is 0 Å². The normalized spacial score (nSPS) is 19.3. The van der Waals surface area contributed by atoms with Gasteiger partial charge in [0, 0.05) is 25.1 Å². The highest BCUT2D eigenvalue weighted by Gasteiger charge is 2.27. The molecule has 1 aromatic rings. The number of amides is 1. The van der Waals surface area contributed by atoms with Crippen LogP contribution in [0.4, 0.5) is 0 Å².